The highest BCUT2D eigenvalue weighted by Gasteiger charge is 2.38. The van der Waals surface area contributed by atoms with Crippen LogP contribution in [0.4, 0.5) is 9.18 Å². The molecular formula is C30H47FN4O9. The molecule has 0 heterocycles. The molecule has 0 spiro atoms. The van der Waals surface area contributed by atoms with Crippen LogP contribution >= 0.6 is 0 Å². The van der Waals surface area contributed by atoms with Gasteiger partial charge in [-0.2, -0.15) is 0 Å². The van der Waals surface area contributed by atoms with Crippen molar-refractivity contribution in [3.63, 3.8) is 0 Å². The van der Waals surface area contributed by atoms with Gasteiger partial charge < -0.3 is 41.0 Å². The van der Waals surface area contributed by atoms with E-state index in [0.29, 0.717) is 19.3 Å². The van der Waals surface area contributed by atoms with Crippen molar-refractivity contribution in [2.45, 2.75) is 96.2 Å². The minimum absolute atomic E-state index is 0.0254. The Hall–Kier alpha value is -3.78. The third kappa shape index (κ3) is 13.2. The highest BCUT2D eigenvalue weighted by Crippen LogP contribution is 2.22. The number of hydrogen-bond donors (Lipinski definition) is 6. The summed E-state index contributed by atoms with van der Waals surface area (Å²) >= 11 is 0. The zero-order valence-corrected chi connectivity index (χ0v) is 26.1. The van der Waals surface area contributed by atoms with Crippen LogP contribution in [0.3, 0.4) is 0 Å². The second-order valence-electron chi connectivity index (χ2n) is 10.9. The van der Waals surface area contributed by atoms with E-state index in [2.05, 4.69) is 26.0 Å². The molecule has 0 aliphatic carbocycles. The zero-order valence-electron chi connectivity index (χ0n) is 26.1. The fourth-order valence-corrected chi connectivity index (χ4v) is 4.37. The van der Waals surface area contributed by atoms with Gasteiger partial charge in [-0.1, -0.05) is 50.1 Å². The predicted molar refractivity (Wildman–Crippen MR) is 159 cm³/mol. The summed E-state index contributed by atoms with van der Waals surface area (Å²) in [5.74, 6) is -3.31. The van der Waals surface area contributed by atoms with E-state index in [-0.39, 0.29) is 18.9 Å². The summed E-state index contributed by atoms with van der Waals surface area (Å²) in [5, 5.41) is 29.5. The van der Waals surface area contributed by atoms with Gasteiger partial charge in [0.2, 0.25) is 17.7 Å². The van der Waals surface area contributed by atoms with Gasteiger partial charge in [0.05, 0.1) is 32.3 Å². The molecule has 0 aromatic heterocycles. The van der Waals surface area contributed by atoms with Crippen molar-refractivity contribution in [2.75, 3.05) is 20.4 Å². The molecule has 4 amide bonds. The Labute approximate surface area is 257 Å². The van der Waals surface area contributed by atoms with Crippen LogP contribution in [-0.2, 0) is 35.3 Å². The van der Waals surface area contributed by atoms with Crippen LogP contribution < -0.4 is 21.3 Å². The van der Waals surface area contributed by atoms with Crippen molar-refractivity contribution in [1.82, 2.24) is 21.3 Å². The van der Waals surface area contributed by atoms with Crippen LogP contribution in [-0.4, -0.2) is 90.2 Å². The van der Waals surface area contributed by atoms with E-state index in [1.54, 1.807) is 31.2 Å². The van der Waals surface area contributed by atoms with Gasteiger partial charge in [0.25, 0.3) is 0 Å². The Morgan fingerprint density at radius 2 is 1.68 bits per heavy atom. The summed E-state index contributed by atoms with van der Waals surface area (Å²) in [4.78, 5) is 63.1. The quantitative estimate of drug-likeness (QED) is 0.123. The molecular weight excluding hydrogens is 579 g/mol. The van der Waals surface area contributed by atoms with Gasteiger partial charge in [0.1, 0.15) is 30.9 Å². The number of methoxy groups -OCH3 is 1. The highest BCUT2D eigenvalue weighted by molar-refractivity contribution is 5.95. The molecule has 1 aromatic carbocycles. The van der Waals surface area contributed by atoms with Gasteiger partial charge in [-0.05, 0) is 45.1 Å². The second kappa shape index (κ2) is 19.5. The molecule has 44 heavy (non-hydrogen) atoms. The molecule has 13 nitrogen and oxygen atoms in total. The number of carbonyl (C=O) groups excluding carboxylic acids is 5. The number of rotatable bonds is 19. The van der Waals surface area contributed by atoms with Crippen molar-refractivity contribution >= 4 is 29.8 Å². The van der Waals surface area contributed by atoms with Crippen molar-refractivity contribution in [1.29, 1.82) is 0 Å². The van der Waals surface area contributed by atoms with E-state index in [0.717, 1.165) is 12.7 Å². The molecule has 0 saturated heterocycles. The molecule has 6 N–H and O–H groups in total. The number of aliphatic hydroxyl groups excluding tert-OH is 2. The molecule has 0 radical (unpaired) electrons. The number of carbonyl (C=O) groups is 5. The number of alkyl carbamates (subject to hydrolysis) is 1. The number of amides is 4. The summed E-state index contributed by atoms with van der Waals surface area (Å²) in [6, 6.07) is 5.01. The van der Waals surface area contributed by atoms with Gasteiger partial charge in [-0.15, -0.1) is 0 Å². The van der Waals surface area contributed by atoms with E-state index in [4.69, 9.17) is 4.74 Å². The van der Waals surface area contributed by atoms with E-state index < -0.39 is 79.3 Å². The van der Waals surface area contributed by atoms with Crippen LogP contribution in [0.5, 0.6) is 0 Å². The van der Waals surface area contributed by atoms with Gasteiger partial charge in [-0.25, -0.2) is 9.18 Å². The number of ether oxygens (including phenoxy) is 2. The number of aliphatic hydroxyl groups is 2. The molecule has 0 bridgehead atoms. The first-order chi connectivity index (χ1) is 20.8. The van der Waals surface area contributed by atoms with Crippen molar-refractivity contribution in [2.24, 2.45) is 5.92 Å². The summed E-state index contributed by atoms with van der Waals surface area (Å²) in [7, 11) is 1.13. The average Bonchev–Trinajstić information content (AvgIpc) is 3.00. The van der Waals surface area contributed by atoms with Crippen LogP contribution in [0.1, 0.15) is 65.4 Å². The Morgan fingerprint density at radius 1 is 1.02 bits per heavy atom. The van der Waals surface area contributed by atoms with Gasteiger partial charge in [0.15, 0.2) is 0 Å². The van der Waals surface area contributed by atoms with E-state index >= 15 is 0 Å². The van der Waals surface area contributed by atoms with Crippen molar-refractivity contribution in [3.05, 3.63) is 35.9 Å². The Kier molecular flexibility index (Phi) is 16.9. The van der Waals surface area contributed by atoms with Gasteiger partial charge >= 0.3 is 12.1 Å². The van der Waals surface area contributed by atoms with Gasteiger partial charge in [-0.3, -0.25) is 19.2 Å². The molecule has 0 fully saturated rings. The topological polar surface area (TPSA) is 192 Å². The maximum absolute atomic E-state index is 13.6. The fourth-order valence-electron chi connectivity index (χ4n) is 4.37. The molecule has 248 valence electrons. The van der Waals surface area contributed by atoms with Crippen LogP contribution in [0, 0.1) is 5.92 Å². The van der Waals surface area contributed by atoms with E-state index in [1.807, 2.05) is 13.0 Å². The molecule has 1 aromatic rings. The first-order valence-corrected chi connectivity index (χ1v) is 14.6. The monoisotopic (exact) mass is 626 g/mol. The molecule has 0 saturated carbocycles. The van der Waals surface area contributed by atoms with Crippen molar-refractivity contribution in [3.8, 4) is 0 Å². The van der Waals surface area contributed by atoms with Crippen molar-refractivity contribution < 1.29 is 48.0 Å². The number of benzene rings is 1. The first-order valence-electron chi connectivity index (χ1n) is 14.6. The SMILES string of the molecule is CCC(CCCC(C)(NC(=O)[C@H](CO)NC(=O)[C@H](C)NC(=O)OCc1ccccc1)C(=O)N[C@H](CF)CC(=O)OC)[C@@H](C)O. The molecule has 0 aliphatic heterocycles. The van der Waals surface area contributed by atoms with E-state index in [9.17, 15) is 38.6 Å². The normalized spacial score (nSPS) is 15.7. The third-order valence-electron chi connectivity index (χ3n) is 7.28. The minimum Gasteiger partial charge on any atom is -0.469 e. The Balaban J connectivity index is 2.94. The van der Waals surface area contributed by atoms with Crippen LogP contribution in [0.2, 0.25) is 0 Å². The first kappa shape index (κ1) is 38.2. The maximum Gasteiger partial charge on any atom is 0.408 e. The molecule has 14 heteroatoms. The van der Waals surface area contributed by atoms with Crippen LogP contribution in [0.25, 0.3) is 0 Å². The summed E-state index contributed by atoms with van der Waals surface area (Å²) in [5.41, 5.74) is -0.913. The lowest BCUT2D eigenvalue weighted by atomic mass is 9.87. The summed E-state index contributed by atoms with van der Waals surface area (Å²) < 4.78 is 23.3. The average molecular weight is 627 g/mol. The molecule has 1 rings (SSSR count). The highest BCUT2D eigenvalue weighted by atomic mass is 19.1. The number of alkyl halides is 1. The third-order valence-corrected chi connectivity index (χ3v) is 7.28. The fraction of sp³-hybridized carbons (Fsp3) is 0.633. The summed E-state index contributed by atoms with van der Waals surface area (Å²) in [6.45, 7) is 4.40. The minimum atomic E-state index is -1.65. The Morgan fingerprint density at radius 3 is 2.23 bits per heavy atom. The molecule has 2 unspecified atom stereocenters. The van der Waals surface area contributed by atoms with E-state index in [1.165, 1.54) is 13.8 Å². The molecule has 6 atom stereocenters. The largest absolute Gasteiger partial charge is 0.469 e. The van der Waals surface area contributed by atoms with Gasteiger partial charge in [0, 0.05) is 0 Å². The van der Waals surface area contributed by atoms with Crippen LogP contribution in [0.15, 0.2) is 30.3 Å². The lowest BCUT2D eigenvalue weighted by Gasteiger charge is -2.33. The second-order valence-corrected chi connectivity index (χ2v) is 10.9. The number of hydrogen-bond acceptors (Lipinski definition) is 9. The smallest absolute Gasteiger partial charge is 0.408 e. The molecule has 0 aliphatic rings. The lowest BCUT2D eigenvalue weighted by Crippen LogP contribution is -2.63. The number of halogens is 1. The number of esters is 1. The predicted octanol–water partition coefficient (Wildman–Crippen LogP) is 1.25. The number of nitrogens with one attached hydrogen (secondary N) is 4. The standard InChI is InChI=1S/C30H47FN4O9/c1-6-22(20(3)37)13-10-14-30(4,28(41)33-23(16-31)15-25(38)43-5)35-27(40)24(17-36)34-26(39)19(2)32-29(42)44-18-21-11-8-7-9-12-21/h7-9,11-12,19-20,22-24,36-37H,6,10,13-18H2,1-5H3,(H,32,42)(H,33,41)(H,34,39)(H,35,40)/t19-,20+,22?,23-,24-,30?/m0/s1. The maximum atomic E-state index is 13.6. The zero-order chi connectivity index (χ0) is 33.3. The summed E-state index contributed by atoms with van der Waals surface area (Å²) in [6.07, 6.45) is -0.258. The lowest BCUT2D eigenvalue weighted by molar-refractivity contribution is -0.142. The Bertz CT molecular complexity index is 1080.